The summed E-state index contributed by atoms with van der Waals surface area (Å²) in [5, 5.41) is 6.44. The lowest BCUT2D eigenvalue weighted by molar-refractivity contribution is 0.882. The van der Waals surface area contributed by atoms with Crippen molar-refractivity contribution < 1.29 is 0 Å². The molecule has 2 aromatic rings. The molecule has 2 N–H and O–H groups in total. The first kappa shape index (κ1) is 12.5. The van der Waals surface area contributed by atoms with E-state index in [0.717, 1.165) is 17.4 Å². The summed E-state index contributed by atoms with van der Waals surface area (Å²) in [5.74, 6) is 0. The molecule has 0 radical (unpaired) electrons. The van der Waals surface area contributed by atoms with E-state index in [-0.39, 0.29) is 4.87 Å². The standard InChI is InChI=1S/C13H13N3OS2/c17-13-16-10(8-18-13)6-14-12-15-7-11(19-12)9-4-2-1-3-5-9/h1-5,8,11H,6-7H2,(H,14,15)(H,16,17). The van der Waals surface area contributed by atoms with E-state index in [9.17, 15) is 4.79 Å². The Hall–Kier alpha value is -1.53. The molecule has 3 rings (SSSR count). The number of hydrogen-bond acceptors (Lipinski definition) is 5. The fourth-order valence-electron chi connectivity index (χ4n) is 1.89. The Morgan fingerprint density at radius 3 is 2.95 bits per heavy atom. The summed E-state index contributed by atoms with van der Waals surface area (Å²) in [4.78, 5) is 18.3. The molecule has 6 heteroatoms. The van der Waals surface area contributed by atoms with Crippen LogP contribution in [0.2, 0.25) is 0 Å². The molecule has 0 amide bonds. The van der Waals surface area contributed by atoms with Gasteiger partial charge < -0.3 is 10.3 Å². The van der Waals surface area contributed by atoms with Crippen LogP contribution in [0.3, 0.4) is 0 Å². The topological polar surface area (TPSA) is 57.2 Å². The van der Waals surface area contributed by atoms with Gasteiger partial charge >= 0.3 is 4.87 Å². The molecule has 0 fully saturated rings. The lowest BCUT2D eigenvalue weighted by Crippen LogP contribution is -2.19. The van der Waals surface area contributed by atoms with E-state index in [4.69, 9.17) is 0 Å². The predicted octanol–water partition coefficient (Wildman–Crippen LogP) is 2.37. The van der Waals surface area contributed by atoms with Gasteiger partial charge in [-0.1, -0.05) is 53.4 Å². The van der Waals surface area contributed by atoms with Gasteiger partial charge in [-0.2, -0.15) is 0 Å². The Morgan fingerprint density at radius 1 is 1.37 bits per heavy atom. The van der Waals surface area contributed by atoms with E-state index in [1.165, 1.54) is 16.9 Å². The number of rotatable bonds is 3. The van der Waals surface area contributed by atoms with E-state index in [1.807, 2.05) is 11.4 Å². The molecule has 19 heavy (non-hydrogen) atoms. The van der Waals surface area contributed by atoms with Crippen molar-refractivity contribution in [2.45, 2.75) is 11.8 Å². The van der Waals surface area contributed by atoms with E-state index < -0.39 is 0 Å². The lowest BCUT2D eigenvalue weighted by atomic mass is 10.1. The third-order valence-corrected chi connectivity index (χ3v) is 4.75. The molecular formula is C13H13N3OS2. The maximum absolute atomic E-state index is 11.0. The van der Waals surface area contributed by atoms with Crippen LogP contribution in [0, 0.1) is 0 Å². The number of aliphatic imine (C=N–C) groups is 1. The van der Waals surface area contributed by atoms with Crippen LogP contribution < -0.4 is 10.2 Å². The summed E-state index contributed by atoms with van der Waals surface area (Å²) in [7, 11) is 0. The Balaban J connectivity index is 1.56. The fraction of sp³-hybridized carbons (Fsp3) is 0.231. The lowest BCUT2D eigenvalue weighted by Gasteiger charge is -2.08. The molecule has 98 valence electrons. The minimum Gasteiger partial charge on any atom is -0.359 e. The summed E-state index contributed by atoms with van der Waals surface area (Å²) in [6.45, 7) is 1.42. The second-order valence-corrected chi connectivity index (χ2v) is 6.22. The average Bonchev–Trinajstić information content (AvgIpc) is 3.06. The fourth-order valence-corrected chi connectivity index (χ4v) is 3.48. The molecule has 1 aromatic heterocycles. The van der Waals surface area contributed by atoms with Crippen molar-refractivity contribution in [3.8, 4) is 0 Å². The monoisotopic (exact) mass is 291 g/mol. The highest BCUT2D eigenvalue weighted by atomic mass is 32.2. The quantitative estimate of drug-likeness (QED) is 0.913. The Kier molecular flexibility index (Phi) is 3.70. The van der Waals surface area contributed by atoms with Crippen LogP contribution >= 0.6 is 23.1 Å². The van der Waals surface area contributed by atoms with Gasteiger partial charge in [-0.15, -0.1) is 0 Å². The van der Waals surface area contributed by atoms with E-state index in [2.05, 4.69) is 39.6 Å². The molecule has 0 saturated heterocycles. The summed E-state index contributed by atoms with van der Waals surface area (Å²) >= 11 is 2.93. The maximum Gasteiger partial charge on any atom is 0.304 e. The molecule has 1 aromatic carbocycles. The van der Waals surface area contributed by atoms with Gasteiger partial charge in [0.1, 0.15) is 0 Å². The molecule has 1 aliphatic rings. The first-order valence-electron chi connectivity index (χ1n) is 5.98. The van der Waals surface area contributed by atoms with Crippen LogP contribution in [0.15, 0.2) is 45.5 Å². The third kappa shape index (κ3) is 3.08. The van der Waals surface area contributed by atoms with Crippen LogP contribution in [0.4, 0.5) is 0 Å². The van der Waals surface area contributed by atoms with Crippen LogP contribution in [0.5, 0.6) is 0 Å². The number of benzene rings is 1. The minimum absolute atomic E-state index is 0.0139. The maximum atomic E-state index is 11.0. The minimum atomic E-state index is -0.0139. The van der Waals surface area contributed by atoms with E-state index in [0.29, 0.717) is 11.8 Å². The van der Waals surface area contributed by atoms with Crippen LogP contribution in [0.1, 0.15) is 16.5 Å². The molecule has 4 nitrogen and oxygen atoms in total. The van der Waals surface area contributed by atoms with E-state index >= 15 is 0 Å². The number of amidine groups is 1. The smallest absolute Gasteiger partial charge is 0.304 e. The molecule has 0 spiro atoms. The number of thioether (sulfide) groups is 1. The van der Waals surface area contributed by atoms with Crippen LogP contribution in [-0.4, -0.2) is 16.7 Å². The second kappa shape index (κ2) is 5.63. The summed E-state index contributed by atoms with van der Waals surface area (Å²) in [5.41, 5.74) is 2.21. The molecule has 1 unspecified atom stereocenters. The van der Waals surface area contributed by atoms with Crippen LogP contribution in [-0.2, 0) is 6.54 Å². The molecule has 1 atom stereocenters. The third-order valence-electron chi connectivity index (χ3n) is 2.83. The Labute approximate surface area is 119 Å². The summed E-state index contributed by atoms with van der Waals surface area (Å²) in [6, 6.07) is 10.4. The number of nitrogens with one attached hydrogen (secondary N) is 2. The summed E-state index contributed by atoms with van der Waals surface area (Å²) < 4.78 is 0. The highest BCUT2D eigenvalue weighted by Gasteiger charge is 2.20. The van der Waals surface area contributed by atoms with Gasteiger partial charge in [0.2, 0.25) is 0 Å². The van der Waals surface area contributed by atoms with Crippen molar-refractivity contribution in [3.63, 3.8) is 0 Å². The normalized spacial score (nSPS) is 18.3. The molecule has 0 aliphatic carbocycles. The largest absolute Gasteiger partial charge is 0.359 e. The van der Waals surface area contributed by atoms with Gasteiger partial charge in [0.25, 0.3) is 0 Å². The molecular weight excluding hydrogens is 278 g/mol. The van der Waals surface area contributed by atoms with Gasteiger partial charge in [0.05, 0.1) is 18.3 Å². The number of aromatic amines is 1. The number of aromatic nitrogens is 1. The molecule has 0 saturated carbocycles. The molecule has 2 heterocycles. The van der Waals surface area contributed by atoms with Crippen molar-refractivity contribution >= 4 is 28.3 Å². The van der Waals surface area contributed by atoms with Gasteiger partial charge in [0, 0.05) is 11.1 Å². The first-order valence-corrected chi connectivity index (χ1v) is 7.74. The number of nitrogens with zero attached hydrogens (tertiary/aromatic N) is 1. The van der Waals surface area contributed by atoms with Crippen molar-refractivity contribution in [2.75, 3.05) is 6.54 Å². The van der Waals surface area contributed by atoms with Gasteiger partial charge in [-0.25, -0.2) is 0 Å². The Bertz CT molecular complexity index is 633. The molecule has 0 bridgehead atoms. The average molecular weight is 291 g/mol. The highest BCUT2D eigenvalue weighted by molar-refractivity contribution is 8.14. The first-order chi connectivity index (χ1) is 9.31. The second-order valence-electron chi connectivity index (χ2n) is 4.19. The van der Waals surface area contributed by atoms with Crippen molar-refractivity contribution in [1.82, 2.24) is 10.3 Å². The number of thiazole rings is 1. The molecule has 1 aliphatic heterocycles. The zero-order valence-corrected chi connectivity index (χ0v) is 11.8. The zero-order chi connectivity index (χ0) is 13.1. The summed E-state index contributed by atoms with van der Waals surface area (Å²) in [6.07, 6.45) is 0. The van der Waals surface area contributed by atoms with Gasteiger partial charge in [-0.05, 0) is 5.56 Å². The predicted molar refractivity (Wildman–Crippen MR) is 80.9 cm³/mol. The van der Waals surface area contributed by atoms with Crippen molar-refractivity contribution in [3.05, 3.63) is 56.6 Å². The number of H-pyrrole nitrogens is 1. The zero-order valence-electron chi connectivity index (χ0n) is 10.1. The van der Waals surface area contributed by atoms with Crippen molar-refractivity contribution in [2.24, 2.45) is 4.99 Å². The highest BCUT2D eigenvalue weighted by Crippen LogP contribution is 2.34. The Morgan fingerprint density at radius 2 is 2.21 bits per heavy atom. The van der Waals surface area contributed by atoms with Crippen LogP contribution in [0.25, 0.3) is 0 Å². The van der Waals surface area contributed by atoms with Crippen molar-refractivity contribution in [1.29, 1.82) is 0 Å². The van der Waals surface area contributed by atoms with E-state index in [1.54, 1.807) is 11.8 Å². The SMILES string of the molecule is O=c1[nH]c(CNC2=NCC(c3ccccc3)S2)cs1. The number of hydrogen-bond donors (Lipinski definition) is 2. The van der Waals surface area contributed by atoms with Gasteiger partial charge in [-0.3, -0.25) is 9.79 Å². The van der Waals surface area contributed by atoms with Gasteiger partial charge in [0.15, 0.2) is 5.17 Å².